The van der Waals surface area contributed by atoms with Gasteiger partial charge in [0, 0.05) is 16.7 Å². The largest absolute Gasteiger partial charge is 0.243 e. The highest BCUT2D eigenvalue weighted by Gasteiger charge is 2.21. The molecular weight excluding hydrogens is 340 g/mol. The molecular formula is C11H16BrClN2O2S. The molecule has 0 fully saturated rings. The third-order valence-electron chi connectivity index (χ3n) is 2.41. The van der Waals surface area contributed by atoms with Crippen LogP contribution < -0.4 is 4.72 Å². The smallest absolute Gasteiger partial charge is 0.242 e. The van der Waals surface area contributed by atoms with Crippen LogP contribution in [0.5, 0.6) is 0 Å². The summed E-state index contributed by atoms with van der Waals surface area (Å²) in [6.45, 7) is 3.91. The molecule has 0 aliphatic heterocycles. The summed E-state index contributed by atoms with van der Waals surface area (Å²) < 4.78 is 27.4. The van der Waals surface area contributed by atoms with E-state index in [1.165, 1.54) is 12.3 Å². The number of pyridine rings is 1. The van der Waals surface area contributed by atoms with Crippen molar-refractivity contribution in [2.24, 2.45) is 0 Å². The van der Waals surface area contributed by atoms with E-state index in [1.807, 2.05) is 6.92 Å². The van der Waals surface area contributed by atoms with E-state index in [-0.39, 0.29) is 16.1 Å². The highest BCUT2D eigenvalue weighted by molar-refractivity contribution is 9.10. The summed E-state index contributed by atoms with van der Waals surface area (Å²) >= 11 is 9.00. The van der Waals surface area contributed by atoms with E-state index >= 15 is 0 Å². The summed E-state index contributed by atoms with van der Waals surface area (Å²) in [6, 6.07) is 1.33. The van der Waals surface area contributed by atoms with Gasteiger partial charge in [-0.3, -0.25) is 0 Å². The van der Waals surface area contributed by atoms with Gasteiger partial charge in [-0.1, -0.05) is 31.4 Å². The van der Waals surface area contributed by atoms with E-state index < -0.39 is 10.0 Å². The number of hydrogen-bond donors (Lipinski definition) is 1. The molecule has 0 bridgehead atoms. The zero-order valence-electron chi connectivity index (χ0n) is 10.3. The molecule has 1 heterocycles. The van der Waals surface area contributed by atoms with Crippen LogP contribution in [0, 0.1) is 0 Å². The highest BCUT2D eigenvalue weighted by Crippen LogP contribution is 2.23. The van der Waals surface area contributed by atoms with Crippen molar-refractivity contribution in [2.45, 2.75) is 44.0 Å². The van der Waals surface area contributed by atoms with Crippen LogP contribution in [0.2, 0.25) is 5.15 Å². The maximum Gasteiger partial charge on any atom is 0.243 e. The minimum Gasteiger partial charge on any atom is -0.242 e. The predicted molar refractivity (Wildman–Crippen MR) is 76.3 cm³/mol. The van der Waals surface area contributed by atoms with Crippen LogP contribution in [-0.4, -0.2) is 19.4 Å². The van der Waals surface area contributed by atoms with E-state index in [4.69, 9.17) is 11.6 Å². The van der Waals surface area contributed by atoms with Gasteiger partial charge in [-0.15, -0.1) is 0 Å². The summed E-state index contributed by atoms with van der Waals surface area (Å²) in [5.41, 5.74) is 0. The molecule has 1 N–H and O–H groups in total. The summed E-state index contributed by atoms with van der Waals surface area (Å²) in [5, 5.41) is -0.0200. The molecule has 0 aromatic carbocycles. The molecule has 1 aromatic rings. The van der Waals surface area contributed by atoms with Crippen LogP contribution >= 0.6 is 27.5 Å². The van der Waals surface area contributed by atoms with Crippen LogP contribution in [0.4, 0.5) is 0 Å². The second-order valence-corrected chi connectivity index (χ2v) is 7.06. The summed E-state index contributed by atoms with van der Waals surface area (Å²) in [7, 11) is -3.62. The Hall–Kier alpha value is -0.170. The van der Waals surface area contributed by atoms with Crippen molar-refractivity contribution in [2.75, 3.05) is 0 Å². The average molecular weight is 356 g/mol. The zero-order valence-corrected chi connectivity index (χ0v) is 13.4. The quantitative estimate of drug-likeness (QED) is 0.796. The number of rotatable bonds is 6. The minimum atomic E-state index is -3.62. The summed E-state index contributed by atoms with van der Waals surface area (Å²) in [6.07, 6.45) is 4.27. The lowest BCUT2D eigenvalue weighted by atomic mass is 10.2. The van der Waals surface area contributed by atoms with E-state index in [0.29, 0.717) is 4.47 Å². The molecule has 1 aromatic heterocycles. The third kappa shape index (κ3) is 4.50. The van der Waals surface area contributed by atoms with E-state index in [2.05, 4.69) is 32.6 Å². The van der Waals surface area contributed by atoms with Crippen LogP contribution in [-0.2, 0) is 10.0 Å². The van der Waals surface area contributed by atoms with Crippen LogP contribution in [0.3, 0.4) is 0 Å². The second-order valence-electron chi connectivity index (χ2n) is 4.11. The SMILES string of the molecule is CCCCC(C)NS(=O)(=O)c1cc(Br)cnc1Cl. The lowest BCUT2D eigenvalue weighted by Gasteiger charge is -2.14. The second kappa shape index (κ2) is 6.84. The fraction of sp³-hybridized carbons (Fsp3) is 0.545. The molecule has 0 aliphatic carbocycles. The summed E-state index contributed by atoms with van der Waals surface area (Å²) in [5.74, 6) is 0. The van der Waals surface area contributed by atoms with Gasteiger partial charge in [-0.25, -0.2) is 18.1 Å². The van der Waals surface area contributed by atoms with Gasteiger partial charge in [0.1, 0.15) is 10.0 Å². The molecule has 1 atom stereocenters. The molecule has 0 spiro atoms. The first-order chi connectivity index (χ1) is 8.36. The molecule has 1 unspecified atom stereocenters. The number of nitrogens with zero attached hydrogens (tertiary/aromatic N) is 1. The Balaban J connectivity index is 2.89. The molecule has 4 nitrogen and oxygen atoms in total. The molecule has 7 heteroatoms. The van der Waals surface area contributed by atoms with E-state index in [0.717, 1.165) is 19.3 Å². The first-order valence-corrected chi connectivity index (χ1v) is 8.35. The van der Waals surface area contributed by atoms with Gasteiger partial charge in [0.2, 0.25) is 10.0 Å². The lowest BCUT2D eigenvalue weighted by molar-refractivity contribution is 0.534. The van der Waals surface area contributed by atoms with Crippen molar-refractivity contribution < 1.29 is 8.42 Å². The van der Waals surface area contributed by atoms with Crippen molar-refractivity contribution in [3.05, 3.63) is 21.9 Å². The monoisotopic (exact) mass is 354 g/mol. The Bertz CT molecular complexity index is 508. The van der Waals surface area contributed by atoms with Gasteiger partial charge in [-0.2, -0.15) is 0 Å². The molecule has 0 saturated carbocycles. The van der Waals surface area contributed by atoms with Crippen LogP contribution in [0.15, 0.2) is 21.6 Å². The van der Waals surface area contributed by atoms with E-state index in [9.17, 15) is 8.42 Å². The van der Waals surface area contributed by atoms with Crippen LogP contribution in [0.25, 0.3) is 0 Å². The van der Waals surface area contributed by atoms with Crippen molar-refractivity contribution in [3.8, 4) is 0 Å². The normalized spacial score (nSPS) is 13.6. The Morgan fingerprint density at radius 2 is 2.22 bits per heavy atom. The zero-order chi connectivity index (χ0) is 13.8. The van der Waals surface area contributed by atoms with Crippen molar-refractivity contribution in [3.63, 3.8) is 0 Å². The first kappa shape index (κ1) is 15.9. The Morgan fingerprint density at radius 1 is 1.56 bits per heavy atom. The molecule has 1 rings (SSSR count). The van der Waals surface area contributed by atoms with Gasteiger partial charge in [0.15, 0.2) is 0 Å². The summed E-state index contributed by atoms with van der Waals surface area (Å²) in [4.78, 5) is 3.82. The van der Waals surface area contributed by atoms with Gasteiger partial charge in [0.25, 0.3) is 0 Å². The first-order valence-electron chi connectivity index (χ1n) is 5.70. The fourth-order valence-electron chi connectivity index (χ4n) is 1.49. The predicted octanol–water partition coefficient (Wildman–Crippen LogP) is 3.35. The minimum absolute atomic E-state index is 0.00175. The van der Waals surface area contributed by atoms with Crippen molar-refractivity contribution >= 4 is 37.6 Å². The van der Waals surface area contributed by atoms with Gasteiger partial charge >= 0.3 is 0 Å². The van der Waals surface area contributed by atoms with Gasteiger partial charge in [0.05, 0.1) is 0 Å². The number of sulfonamides is 1. The van der Waals surface area contributed by atoms with E-state index in [1.54, 1.807) is 0 Å². The van der Waals surface area contributed by atoms with Gasteiger partial charge in [-0.05, 0) is 35.3 Å². The third-order valence-corrected chi connectivity index (χ3v) is 4.86. The maximum absolute atomic E-state index is 12.1. The standard InChI is InChI=1S/C11H16BrClN2O2S/c1-3-4-5-8(2)15-18(16,17)10-6-9(12)7-14-11(10)13/h6-8,15H,3-5H2,1-2H3. The Morgan fingerprint density at radius 3 is 2.83 bits per heavy atom. The molecule has 0 saturated heterocycles. The lowest BCUT2D eigenvalue weighted by Crippen LogP contribution is -2.32. The molecule has 0 aliphatic rings. The average Bonchev–Trinajstić information content (AvgIpc) is 2.29. The molecule has 102 valence electrons. The Kier molecular flexibility index (Phi) is 6.04. The van der Waals surface area contributed by atoms with Crippen molar-refractivity contribution in [1.82, 2.24) is 9.71 Å². The number of nitrogens with one attached hydrogen (secondary N) is 1. The highest BCUT2D eigenvalue weighted by atomic mass is 79.9. The fourth-order valence-corrected chi connectivity index (χ4v) is 3.71. The molecule has 0 radical (unpaired) electrons. The van der Waals surface area contributed by atoms with Crippen molar-refractivity contribution in [1.29, 1.82) is 0 Å². The molecule has 0 amide bonds. The van der Waals surface area contributed by atoms with Gasteiger partial charge < -0.3 is 0 Å². The molecule has 18 heavy (non-hydrogen) atoms. The van der Waals surface area contributed by atoms with Crippen LogP contribution in [0.1, 0.15) is 33.1 Å². The topological polar surface area (TPSA) is 59.1 Å². The number of unbranched alkanes of at least 4 members (excludes halogenated alkanes) is 1. The number of hydrogen-bond acceptors (Lipinski definition) is 3. The number of aromatic nitrogens is 1. The maximum atomic E-state index is 12.1. The number of halogens is 2. The Labute approximate surface area is 121 Å².